The molecule has 0 aromatic heterocycles. The van der Waals surface area contributed by atoms with Gasteiger partial charge in [-0.3, -0.25) is 5.32 Å². The Labute approximate surface area is 100 Å². The van der Waals surface area contributed by atoms with Crippen LogP contribution in [0.25, 0.3) is 0 Å². The van der Waals surface area contributed by atoms with Crippen molar-refractivity contribution < 1.29 is 9.84 Å². The Morgan fingerprint density at radius 3 is 2.94 bits per heavy atom. The summed E-state index contributed by atoms with van der Waals surface area (Å²) in [6, 6.07) is 6.13. The SMILES string of the molecule is COc1ccc(C2NC(C)CCS2)cc1O. The quantitative estimate of drug-likeness (QED) is 0.832. The minimum Gasteiger partial charge on any atom is -0.504 e. The average Bonchev–Trinajstić information content (AvgIpc) is 2.29. The molecule has 1 aliphatic rings. The largest absolute Gasteiger partial charge is 0.504 e. The molecule has 0 saturated carbocycles. The van der Waals surface area contributed by atoms with Gasteiger partial charge in [0.25, 0.3) is 0 Å². The summed E-state index contributed by atoms with van der Waals surface area (Å²) in [5, 5.41) is 13.5. The van der Waals surface area contributed by atoms with E-state index in [1.54, 1.807) is 13.2 Å². The predicted octanol–water partition coefficient (Wildman–Crippen LogP) is 2.51. The Morgan fingerprint density at radius 2 is 2.31 bits per heavy atom. The summed E-state index contributed by atoms with van der Waals surface area (Å²) in [6.07, 6.45) is 1.20. The van der Waals surface area contributed by atoms with Crippen LogP contribution in [0, 0.1) is 0 Å². The third kappa shape index (κ3) is 2.44. The van der Waals surface area contributed by atoms with E-state index in [9.17, 15) is 5.11 Å². The van der Waals surface area contributed by atoms with Crippen molar-refractivity contribution in [1.82, 2.24) is 5.32 Å². The first-order valence-corrected chi connectivity index (χ1v) is 6.50. The highest BCUT2D eigenvalue weighted by atomic mass is 32.2. The van der Waals surface area contributed by atoms with Crippen LogP contribution in [-0.2, 0) is 0 Å². The number of phenols is 1. The molecule has 0 aliphatic carbocycles. The molecule has 1 aromatic carbocycles. The number of hydrogen-bond acceptors (Lipinski definition) is 4. The molecule has 0 amide bonds. The second-order valence-electron chi connectivity index (χ2n) is 4.04. The van der Waals surface area contributed by atoms with Crippen molar-refractivity contribution in [1.29, 1.82) is 0 Å². The molecule has 1 fully saturated rings. The molecule has 0 bridgehead atoms. The fraction of sp³-hybridized carbons (Fsp3) is 0.500. The Kier molecular flexibility index (Phi) is 3.61. The Bertz CT molecular complexity index is 370. The van der Waals surface area contributed by atoms with Crippen LogP contribution in [0.5, 0.6) is 11.5 Å². The molecule has 2 unspecified atom stereocenters. The lowest BCUT2D eigenvalue weighted by molar-refractivity contribution is 0.372. The number of ether oxygens (including phenoxy) is 1. The molecule has 16 heavy (non-hydrogen) atoms. The van der Waals surface area contributed by atoms with Crippen LogP contribution in [0.4, 0.5) is 0 Å². The molecule has 2 N–H and O–H groups in total. The van der Waals surface area contributed by atoms with Gasteiger partial charge in [0.15, 0.2) is 11.5 Å². The monoisotopic (exact) mass is 239 g/mol. The van der Waals surface area contributed by atoms with Crippen LogP contribution in [0.3, 0.4) is 0 Å². The van der Waals surface area contributed by atoms with Gasteiger partial charge in [0, 0.05) is 6.04 Å². The number of nitrogens with one attached hydrogen (secondary N) is 1. The Balaban J connectivity index is 2.17. The topological polar surface area (TPSA) is 41.5 Å². The molecule has 2 atom stereocenters. The van der Waals surface area contributed by atoms with Crippen LogP contribution in [0.15, 0.2) is 18.2 Å². The first-order valence-electron chi connectivity index (χ1n) is 5.45. The van der Waals surface area contributed by atoms with Crippen molar-refractivity contribution in [3.8, 4) is 11.5 Å². The fourth-order valence-corrected chi connectivity index (χ4v) is 3.21. The van der Waals surface area contributed by atoms with Crippen LogP contribution < -0.4 is 10.1 Å². The predicted molar refractivity (Wildman–Crippen MR) is 67.1 cm³/mol. The third-order valence-corrected chi connectivity index (χ3v) is 3.99. The standard InChI is InChI=1S/C12H17NO2S/c1-8-5-6-16-12(13-8)9-3-4-11(15-2)10(14)7-9/h3-4,7-8,12-14H,5-6H2,1-2H3. The van der Waals surface area contributed by atoms with E-state index in [-0.39, 0.29) is 11.1 Å². The molecule has 1 aromatic rings. The number of thioether (sulfide) groups is 1. The van der Waals surface area contributed by atoms with E-state index in [0.29, 0.717) is 11.8 Å². The lowest BCUT2D eigenvalue weighted by atomic mass is 10.1. The third-order valence-electron chi connectivity index (χ3n) is 2.78. The molecule has 0 radical (unpaired) electrons. The number of phenolic OH excluding ortho intramolecular Hbond substituents is 1. The maximum atomic E-state index is 9.73. The molecular weight excluding hydrogens is 222 g/mol. The number of rotatable bonds is 2. The Morgan fingerprint density at radius 1 is 1.50 bits per heavy atom. The van der Waals surface area contributed by atoms with Crippen molar-refractivity contribution in [2.24, 2.45) is 0 Å². The van der Waals surface area contributed by atoms with Crippen LogP contribution in [0.2, 0.25) is 0 Å². The minimum absolute atomic E-state index is 0.209. The Hall–Kier alpha value is -0.870. The first-order chi connectivity index (χ1) is 7.70. The summed E-state index contributed by atoms with van der Waals surface area (Å²) < 4.78 is 5.03. The highest BCUT2D eigenvalue weighted by Gasteiger charge is 2.20. The molecule has 1 heterocycles. The van der Waals surface area contributed by atoms with Gasteiger partial charge in [-0.1, -0.05) is 6.07 Å². The summed E-state index contributed by atoms with van der Waals surface area (Å²) in [6.45, 7) is 2.19. The van der Waals surface area contributed by atoms with E-state index < -0.39 is 0 Å². The molecular formula is C12H17NO2S. The van der Waals surface area contributed by atoms with Crippen molar-refractivity contribution in [3.05, 3.63) is 23.8 Å². The first kappa shape index (κ1) is 11.6. The van der Waals surface area contributed by atoms with Gasteiger partial charge in [-0.25, -0.2) is 0 Å². The molecule has 4 heteroatoms. The van der Waals surface area contributed by atoms with Gasteiger partial charge in [0.1, 0.15) is 0 Å². The maximum absolute atomic E-state index is 9.73. The van der Waals surface area contributed by atoms with Gasteiger partial charge >= 0.3 is 0 Å². The van der Waals surface area contributed by atoms with Gasteiger partial charge in [-0.15, -0.1) is 11.8 Å². The zero-order valence-electron chi connectivity index (χ0n) is 9.56. The zero-order valence-corrected chi connectivity index (χ0v) is 10.4. The van der Waals surface area contributed by atoms with Gasteiger partial charge < -0.3 is 9.84 Å². The summed E-state index contributed by atoms with van der Waals surface area (Å²) in [4.78, 5) is 0. The number of aromatic hydroxyl groups is 1. The van der Waals surface area contributed by atoms with Crippen molar-refractivity contribution in [3.63, 3.8) is 0 Å². The smallest absolute Gasteiger partial charge is 0.160 e. The highest BCUT2D eigenvalue weighted by molar-refractivity contribution is 7.99. The number of hydrogen-bond donors (Lipinski definition) is 2. The van der Waals surface area contributed by atoms with E-state index in [1.807, 2.05) is 23.9 Å². The summed E-state index contributed by atoms with van der Waals surface area (Å²) in [5.74, 6) is 1.89. The van der Waals surface area contributed by atoms with Gasteiger partial charge in [-0.05, 0) is 36.8 Å². The van der Waals surface area contributed by atoms with Gasteiger partial charge in [0.2, 0.25) is 0 Å². The molecule has 1 aliphatic heterocycles. The molecule has 1 saturated heterocycles. The average molecular weight is 239 g/mol. The fourth-order valence-electron chi connectivity index (χ4n) is 1.82. The van der Waals surface area contributed by atoms with E-state index >= 15 is 0 Å². The van der Waals surface area contributed by atoms with Gasteiger partial charge in [0.05, 0.1) is 12.5 Å². The molecule has 88 valence electrons. The van der Waals surface area contributed by atoms with Crippen LogP contribution in [-0.4, -0.2) is 24.0 Å². The van der Waals surface area contributed by atoms with E-state index in [1.165, 1.54) is 6.42 Å². The molecule has 0 spiro atoms. The normalized spacial score (nSPS) is 25.4. The zero-order chi connectivity index (χ0) is 11.5. The maximum Gasteiger partial charge on any atom is 0.160 e. The van der Waals surface area contributed by atoms with E-state index in [4.69, 9.17) is 4.74 Å². The van der Waals surface area contributed by atoms with Crippen molar-refractivity contribution >= 4 is 11.8 Å². The second-order valence-corrected chi connectivity index (χ2v) is 5.25. The second kappa shape index (κ2) is 4.97. The summed E-state index contributed by atoms with van der Waals surface area (Å²) in [7, 11) is 1.56. The molecule has 3 nitrogen and oxygen atoms in total. The lowest BCUT2D eigenvalue weighted by Crippen LogP contribution is -2.33. The highest BCUT2D eigenvalue weighted by Crippen LogP contribution is 2.35. The summed E-state index contributed by atoms with van der Waals surface area (Å²) >= 11 is 1.88. The number of methoxy groups -OCH3 is 1. The summed E-state index contributed by atoms with van der Waals surface area (Å²) in [5.41, 5.74) is 1.11. The van der Waals surface area contributed by atoms with Crippen LogP contribution >= 0.6 is 11.8 Å². The van der Waals surface area contributed by atoms with E-state index in [0.717, 1.165) is 11.3 Å². The van der Waals surface area contributed by atoms with Crippen molar-refractivity contribution in [2.45, 2.75) is 24.8 Å². The van der Waals surface area contributed by atoms with Gasteiger partial charge in [-0.2, -0.15) is 0 Å². The van der Waals surface area contributed by atoms with Crippen molar-refractivity contribution in [2.75, 3.05) is 12.9 Å². The minimum atomic E-state index is 0.209. The lowest BCUT2D eigenvalue weighted by Gasteiger charge is -2.28. The molecule has 2 rings (SSSR count). The van der Waals surface area contributed by atoms with Crippen LogP contribution in [0.1, 0.15) is 24.3 Å². The van der Waals surface area contributed by atoms with E-state index in [2.05, 4.69) is 12.2 Å². The number of benzene rings is 1.